The first-order valence-corrected chi connectivity index (χ1v) is 5.68. The fourth-order valence-corrected chi connectivity index (χ4v) is 1.96. The van der Waals surface area contributed by atoms with E-state index in [1.54, 1.807) is 0 Å². The van der Waals surface area contributed by atoms with Crippen molar-refractivity contribution < 1.29 is 4.74 Å². The Morgan fingerprint density at radius 1 is 1.33 bits per heavy atom. The first-order chi connectivity index (χ1) is 7.27. The Morgan fingerprint density at radius 2 is 2.20 bits per heavy atom. The highest BCUT2D eigenvalue weighted by molar-refractivity contribution is 5.62. The van der Waals surface area contributed by atoms with E-state index in [1.165, 1.54) is 11.1 Å². The molecule has 0 amide bonds. The minimum absolute atomic E-state index is 0.688. The molecule has 0 saturated carbocycles. The third kappa shape index (κ3) is 2.41. The predicted molar refractivity (Wildman–Crippen MR) is 64.1 cm³/mol. The molecule has 1 aromatic rings. The van der Waals surface area contributed by atoms with Gasteiger partial charge < -0.3 is 4.74 Å². The molecule has 0 fully saturated rings. The van der Waals surface area contributed by atoms with E-state index >= 15 is 0 Å². The van der Waals surface area contributed by atoms with Crippen LogP contribution >= 0.6 is 0 Å². The molecule has 0 bridgehead atoms. The predicted octanol–water partition coefficient (Wildman–Crippen LogP) is 3.68. The molecular weight excluding hydrogens is 184 g/mol. The average molecular weight is 202 g/mol. The molecule has 0 aromatic heterocycles. The number of rotatable bonds is 2. The molecule has 2 rings (SSSR count). The van der Waals surface area contributed by atoms with Gasteiger partial charge in [0.25, 0.3) is 0 Å². The second-order valence-electron chi connectivity index (χ2n) is 4.47. The molecule has 0 aliphatic carbocycles. The molecule has 1 nitrogen and oxygen atoms in total. The fourth-order valence-electron chi connectivity index (χ4n) is 1.96. The van der Waals surface area contributed by atoms with E-state index in [-0.39, 0.29) is 0 Å². The minimum atomic E-state index is 0.688. The van der Waals surface area contributed by atoms with Gasteiger partial charge in [0, 0.05) is 5.56 Å². The van der Waals surface area contributed by atoms with Crippen LogP contribution in [0, 0.1) is 5.92 Å². The van der Waals surface area contributed by atoms with Crippen LogP contribution < -0.4 is 4.74 Å². The summed E-state index contributed by atoms with van der Waals surface area (Å²) in [6, 6.07) is 6.36. The quantitative estimate of drug-likeness (QED) is 0.710. The van der Waals surface area contributed by atoms with Gasteiger partial charge in [0.1, 0.15) is 5.75 Å². The molecule has 1 aliphatic rings. The van der Waals surface area contributed by atoms with Crippen LogP contribution in [0.2, 0.25) is 0 Å². The van der Waals surface area contributed by atoms with Crippen LogP contribution in [0.5, 0.6) is 5.75 Å². The van der Waals surface area contributed by atoms with Crippen molar-refractivity contribution in [3.8, 4) is 5.75 Å². The summed E-state index contributed by atoms with van der Waals surface area (Å²) in [6.07, 6.45) is 6.54. The topological polar surface area (TPSA) is 9.23 Å². The van der Waals surface area contributed by atoms with E-state index in [1.807, 2.05) is 0 Å². The average Bonchev–Trinajstić information content (AvgIpc) is 2.42. The Kier molecular flexibility index (Phi) is 3.10. The molecular formula is C14H18O. The summed E-state index contributed by atoms with van der Waals surface area (Å²) >= 11 is 0. The second kappa shape index (κ2) is 4.52. The van der Waals surface area contributed by atoms with Gasteiger partial charge in [-0.05, 0) is 30.4 Å². The maximum absolute atomic E-state index is 5.71. The zero-order valence-electron chi connectivity index (χ0n) is 9.49. The standard InChI is InChI=1S/C14H18O/c1-11(2)10-12-6-5-8-14-13(12)7-3-4-9-15-14/h3,5-8,11H,4,9-10H2,1-2H3. The van der Waals surface area contributed by atoms with E-state index in [4.69, 9.17) is 4.74 Å². The lowest BCUT2D eigenvalue weighted by Gasteiger charge is -2.12. The summed E-state index contributed by atoms with van der Waals surface area (Å²) in [7, 11) is 0. The molecule has 0 spiro atoms. The summed E-state index contributed by atoms with van der Waals surface area (Å²) in [6.45, 7) is 5.30. The molecule has 0 saturated heterocycles. The van der Waals surface area contributed by atoms with Crippen LogP contribution in [0.15, 0.2) is 24.3 Å². The summed E-state index contributed by atoms with van der Waals surface area (Å²) in [5, 5.41) is 0. The minimum Gasteiger partial charge on any atom is -0.493 e. The third-order valence-corrected chi connectivity index (χ3v) is 2.61. The molecule has 0 atom stereocenters. The normalized spacial score (nSPS) is 14.6. The molecule has 0 N–H and O–H groups in total. The Hall–Kier alpha value is -1.24. The Balaban J connectivity index is 2.37. The highest BCUT2D eigenvalue weighted by Crippen LogP contribution is 2.27. The number of ether oxygens (including phenoxy) is 1. The zero-order valence-corrected chi connectivity index (χ0v) is 9.49. The van der Waals surface area contributed by atoms with Gasteiger partial charge in [0.05, 0.1) is 6.61 Å². The third-order valence-electron chi connectivity index (χ3n) is 2.61. The molecule has 0 radical (unpaired) electrons. The summed E-state index contributed by atoms with van der Waals surface area (Å²) in [4.78, 5) is 0. The van der Waals surface area contributed by atoms with Gasteiger partial charge in [0.2, 0.25) is 0 Å². The van der Waals surface area contributed by atoms with Gasteiger partial charge in [-0.15, -0.1) is 0 Å². The number of fused-ring (bicyclic) bond motifs is 1. The van der Waals surface area contributed by atoms with Crippen molar-refractivity contribution in [2.45, 2.75) is 26.7 Å². The summed E-state index contributed by atoms with van der Waals surface area (Å²) < 4.78 is 5.71. The fraction of sp³-hybridized carbons (Fsp3) is 0.429. The van der Waals surface area contributed by atoms with Crippen LogP contribution in [-0.4, -0.2) is 6.61 Å². The van der Waals surface area contributed by atoms with Crippen LogP contribution in [0.3, 0.4) is 0 Å². The van der Waals surface area contributed by atoms with Gasteiger partial charge in [-0.25, -0.2) is 0 Å². The van der Waals surface area contributed by atoms with Gasteiger partial charge in [0.15, 0.2) is 0 Å². The largest absolute Gasteiger partial charge is 0.493 e. The Morgan fingerprint density at radius 3 is 3.00 bits per heavy atom. The van der Waals surface area contributed by atoms with Crippen molar-refractivity contribution in [2.24, 2.45) is 5.92 Å². The van der Waals surface area contributed by atoms with Crippen molar-refractivity contribution in [3.63, 3.8) is 0 Å². The van der Waals surface area contributed by atoms with Crippen molar-refractivity contribution in [2.75, 3.05) is 6.61 Å². The SMILES string of the molecule is CC(C)Cc1cccc2c1C=CCCO2. The van der Waals surface area contributed by atoms with Gasteiger partial charge in [-0.1, -0.05) is 38.1 Å². The monoisotopic (exact) mass is 202 g/mol. The van der Waals surface area contributed by atoms with Crippen LogP contribution in [-0.2, 0) is 6.42 Å². The first-order valence-electron chi connectivity index (χ1n) is 5.68. The van der Waals surface area contributed by atoms with Gasteiger partial charge in [-0.2, -0.15) is 0 Å². The van der Waals surface area contributed by atoms with Crippen molar-refractivity contribution in [1.29, 1.82) is 0 Å². The van der Waals surface area contributed by atoms with Crippen molar-refractivity contribution in [3.05, 3.63) is 35.4 Å². The van der Waals surface area contributed by atoms with Crippen LogP contribution in [0.1, 0.15) is 31.4 Å². The lowest BCUT2D eigenvalue weighted by molar-refractivity contribution is 0.326. The first kappa shape index (κ1) is 10.3. The van der Waals surface area contributed by atoms with Gasteiger partial charge >= 0.3 is 0 Å². The number of benzene rings is 1. The lowest BCUT2D eigenvalue weighted by Crippen LogP contribution is -2.00. The molecule has 1 heteroatoms. The Labute approximate surface area is 91.8 Å². The van der Waals surface area contributed by atoms with E-state index in [2.05, 4.69) is 44.2 Å². The highest BCUT2D eigenvalue weighted by atomic mass is 16.5. The summed E-state index contributed by atoms with van der Waals surface area (Å²) in [5.74, 6) is 1.73. The number of hydrogen-bond acceptors (Lipinski definition) is 1. The zero-order chi connectivity index (χ0) is 10.7. The Bertz CT molecular complexity index is 364. The van der Waals surface area contributed by atoms with E-state index in [0.717, 1.165) is 25.2 Å². The van der Waals surface area contributed by atoms with E-state index in [9.17, 15) is 0 Å². The second-order valence-corrected chi connectivity index (χ2v) is 4.47. The smallest absolute Gasteiger partial charge is 0.126 e. The van der Waals surface area contributed by atoms with Crippen LogP contribution in [0.25, 0.3) is 6.08 Å². The lowest BCUT2D eigenvalue weighted by atomic mass is 9.97. The molecule has 1 aliphatic heterocycles. The molecule has 1 aromatic carbocycles. The molecule has 15 heavy (non-hydrogen) atoms. The molecule has 0 unspecified atom stereocenters. The van der Waals surface area contributed by atoms with E-state index < -0.39 is 0 Å². The number of hydrogen-bond donors (Lipinski definition) is 0. The van der Waals surface area contributed by atoms with Gasteiger partial charge in [-0.3, -0.25) is 0 Å². The van der Waals surface area contributed by atoms with Crippen LogP contribution in [0.4, 0.5) is 0 Å². The maximum atomic E-state index is 5.71. The molecule has 80 valence electrons. The molecule has 1 heterocycles. The van der Waals surface area contributed by atoms with E-state index in [0.29, 0.717) is 5.92 Å². The van der Waals surface area contributed by atoms with Crippen molar-refractivity contribution >= 4 is 6.08 Å². The van der Waals surface area contributed by atoms with Crippen molar-refractivity contribution in [1.82, 2.24) is 0 Å². The highest BCUT2D eigenvalue weighted by Gasteiger charge is 2.09. The summed E-state index contributed by atoms with van der Waals surface area (Å²) in [5.41, 5.74) is 2.68. The maximum Gasteiger partial charge on any atom is 0.126 e.